The minimum atomic E-state index is -0.175. The third kappa shape index (κ3) is 4.01. The molecule has 26 heavy (non-hydrogen) atoms. The number of rotatable bonds is 6. The van der Waals surface area contributed by atoms with Crippen molar-refractivity contribution in [2.45, 2.75) is 25.9 Å². The first kappa shape index (κ1) is 17.9. The van der Waals surface area contributed by atoms with Crippen LogP contribution in [0, 0.1) is 0 Å². The highest BCUT2D eigenvalue weighted by Crippen LogP contribution is 2.25. The maximum absolute atomic E-state index is 12.9. The van der Waals surface area contributed by atoms with Crippen LogP contribution in [-0.4, -0.2) is 58.7 Å². The van der Waals surface area contributed by atoms with E-state index in [-0.39, 0.29) is 12.0 Å². The van der Waals surface area contributed by atoms with Gasteiger partial charge in [0.15, 0.2) is 0 Å². The Morgan fingerprint density at radius 1 is 1.19 bits per heavy atom. The van der Waals surface area contributed by atoms with Crippen LogP contribution in [0.2, 0.25) is 0 Å². The Kier molecular flexibility index (Phi) is 5.83. The molecule has 3 rings (SSSR count). The van der Waals surface area contributed by atoms with Gasteiger partial charge in [0.2, 0.25) is 5.88 Å². The smallest absolute Gasteiger partial charge is 0.278 e. The van der Waals surface area contributed by atoms with Crippen molar-refractivity contribution in [2.24, 2.45) is 0 Å². The molecule has 0 aliphatic carbocycles. The minimum Gasteiger partial charge on any atom is -0.477 e. The third-order valence-electron chi connectivity index (χ3n) is 4.05. The number of hydrogen-bond acceptors (Lipinski definition) is 7. The van der Waals surface area contributed by atoms with Gasteiger partial charge in [0.25, 0.3) is 17.7 Å². The van der Waals surface area contributed by atoms with Gasteiger partial charge in [-0.3, -0.25) is 4.79 Å². The van der Waals surface area contributed by atoms with Gasteiger partial charge in [-0.1, -0.05) is 0 Å². The summed E-state index contributed by atoms with van der Waals surface area (Å²) in [7, 11) is 1.52. The molecule has 1 saturated heterocycles. The van der Waals surface area contributed by atoms with Crippen LogP contribution in [0.5, 0.6) is 17.6 Å². The van der Waals surface area contributed by atoms with E-state index in [0.29, 0.717) is 42.9 Å². The fraction of sp³-hybridized carbons (Fsp3) is 0.444. The summed E-state index contributed by atoms with van der Waals surface area (Å²) in [6, 6.07) is 3.47. The highest BCUT2D eigenvalue weighted by molar-refractivity contribution is 5.96. The van der Waals surface area contributed by atoms with Gasteiger partial charge in [-0.05, 0) is 31.9 Å². The molecule has 1 fully saturated rings. The molecule has 0 aromatic carbocycles. The van der Waals surface area contributed by atoms with E-state index in [2.05, 4.69) is 15.0 Å². The maximum Gasteiger partial charge on any atom is 0.278 e. The van der Waals surface area contributed by atoms with Crippen LogP contribution in [0.15, 0.2) is 30.7 Å². The van der Waals surface area contributed by atoms with Crippen molar-refractivity contribution < 1.29 is 19.0 Å². The van der Waals surface area contributed by atoms with Gasteiger partial charge in [-0.2, -0.15) is 0 Å². The molecular weight excluding hydrogens is 336 g/mol. The fourth-order valence-corrected chi connectivity index (χ4v) is 2.89. The van der Waals surface area contributed by atoms with Gasteiger partial charge in [0, 0.05) is 25.1 Å². The highest BCUT2D eigenvalue weighted by Gasteiger charge is 2.28. The monoisotopic (exact) mass is 358 g/mol. The van der Waals surface area contributed by atoms with E-state index in [4.69, 9.17) is 14.2 Å². The van der Waals surface area contributed by atoms with E-state index in [1.54, 1.807) is 35.6 Å². The third-order valence-corrected chi connectivity index (χ3v) is 4.05. The molecule has 0 spiro atoms. The standard InChI is InChI=1S/C18H22N4O4/c1-3-25-15-14(7-4-8-19-15)18(23)22-11-5-6-13(12-22)26-17-16(24-2)20-9-10-21-17/h4,7-10,13H,3,5-6,11-12H2,1-2H3. The van der Waals surface area contributed by atoms with E-state index in [1.807, 2.05) is 6.92 Å². The van der Waals surface area contributed by atoms with Gasteiger partial charge >= 0.3 is 0 Å². The van der Waals surface area contributed by atoms with Crippen LogP contribution < -0.4 is 14.2 Å². The second-order valence-electron chi connectivity index (χ2n) is 5.79. The summed E-state index contributed by atoms with van der Waals surface area (Å²) in [6.45, 7) is 3.44. The SMILES string of the molecule is CCOc1ncccc1C(=O)N1CCCC(Oc2nccnc2OC)C1. The van der Waals surface area contributed by atoms with Crippen molar-refractivity contribution in [1.82, 2.24) is 19.9 Å². The number of nitrogens with zero attached hydrogens (tertiary/aromatic N) is 4. The molecule has 0 N–H and O–H groups in total. The van der Waals surface area contributed by atoms with Crippen LogP contribution in [0.1, 0.15) is 30.1 Å². The normalized spacial score (nSPS) is 16.8. The zero-order valence-corrected chi connectivity index (χ0v) is 14.9. The van der Waals surface area contributed by atoms with E-state index in [1.165, 1.54) is 7.11 Å². The lowest BCUT2D eigenvalue weighted by molar-refractivity contribution is 0.0515. The topological polar surface area (TPSA) is 86.7 Å². The summed E-state index contributed by atoms with van der Waals surface area (Å²) in [4.78, 5) is 27.1. The Balaban J connectivity index is 1.71. The summed E-state index contributed by atoms with van der Waals surface area (Å²) >= 11 is 0. The van der Waals surface area contributed by atoms with Crippen LogP contribution in [0.4, 0.5) is 0 Å². The predicted molar refractivity (Wildman–Crippen MR) is 93.5 cm³/mol. The van der Waals surface area contributed by atoms with E-state index in [0.717, 1.165) is 12.8 Å². The summed E-state index contributed by atoms with van der Waals surface area (Å²) < 4.78 is 16.6. The lowest BCUT2D eigenvalue weighted by Gasteiger charge is -2.32. The first-order chi connectivity index (χ1) is 12.7. The predicted octanol–water partition coefficient (Wildman–Crippen LogP) is 1.96. The van der Waals surface area contributed by atoms with E-state index < -0.39 is 0 Å². The molecule has 8 heteroatoms. The van der Waals surface area contributed by atoms with Gasteiger partial charge in [-0.15, -0.1) is 0 Å². The van der Waals surface area contributed by atoms with Crippen molar-refractivity contribution in [1.29, 1.82) is 0 Å². The average molecular weight is 358 g/mol. The molecule has 0 bridgehead atoms. The molecule has 1 aliphatic rings. The molecule has 8 nitrogen and oxygen atoms in total. The first-order valence-corrected chi connectivity index (χ1v) is 8.61. The van der Waals surface area contributed by atoms with E-state index in [9.17, 15) is 4.79 Å². The van der Waals surface area contributed by atoms with Gasteiger partial charge in [0.05, 0.1) is 20.3 Å². The summed E-state index contributed by atoms with van der Waals surface area (Å²) in [5, 5.41) is 0. The van der Waals surface area contributed by atoms with Crippen molar-refractivity contribution in [3.05, 3.63) is 36.3 Å². The number of carbonyl (C=O) groups excluding carboxylic acids is 1. The van der Waals surface area contributed by atoms with Crippen LogP contribution >= 0.6 is 0 Å². The largest absolute Gasteiger partial charge is 0.477 e. The number of ether oxygens (including phenoxy) is 3. The second-order valence-corrected chi connectivity index (χ2v) is 5.79. The van der Waals surface area contributed by atoms with Crippen LogP contribution in [-0.2, 0) is 0 Å². The molecule has 2 aromatic rings. The molecule has 3 heterocycles. The van der Waals surface area contributed by atoms with Crippen molar-refractivity contribution in [3.63, 3.8) is 0 Å². The lowest BCUT2D eigenvalue weighted by Crippen LogP contribution is -2.44. The molecule has 2 aromatic heterocycles. The average Bonchev–Trinajstić information content (AvgIpc) is 2.69. The molecular formula is C18H22N4O4. The molecule has 0 saturated carbocycles. The van der Waals surface area contributed by atoms with Crippen molar-refractivity contribution in [3.8, 4) is 17.6 Å². The van der Waals surface area contributed by atoms with Crippen LogP contribution in [0.3, 0.4) is 0 Å². The Hall–Kier alpha value is -2.90. The minimum absolute atomic E-state index is 0.110. The number of carbonyl (C=O) groups is 1. The molecule has 1 amide bonds. The Morgan fingerprint density at radius 3 is 2.73 bits per heavy atom. The molecule has 1 atom stereocenters. The van der Waals surface area contributed by atoms with Crippen LogP contribution in [0.25, 0.3) is 0 Å². The summed E-state index contributed by atoms with van der Waals surface area (Å²) in [5.74, 6) is 0.923. The fourth-order valence-electron chi connectivity index (χ4n) is 2.89. The zero-order valence-electron chi connectivity index (χ0n) is 14.9. The van der Waals surface area contributed by atoms with E-state index >= 15 is 0 Å². The second kappa shape index (κ2) is 8.46. The van der Waals surface area contributed by atoms with Crippen molar-refractivity contribution in [2.75, 3.05) is 26.8 Å². The maximum atomic E-state index is 12.9. The van der Waals surface area contributed by atoms with Gasteiger partial charge in [-0.25, -0.2) is 15.0 Å². The number of likely N-dealkylation sites (tertiary alicyclic amines) is 1. The number of piperidine rings is 1. The number of pyridine rings is 1. The Morgan fingerprint density at radius 2 is 1.96 bits per heavy atom. The summed E-state index contributed by atoms with van der Waals surface area (Å²) in [6.07, 6.45) is 6.20. The number of aromatic nitrogens is 3. The summed E-state index contributed by atoms with van der Waals surface area (Å²) in [5.41, 5.74) is 0.465. The highest BCUT2D eigenvalue weighted by atomic mass is 16.5. The van der Waals surface area contributed by atoms with Gasteiger partial charge < -0.3 is 19.1 Å². The molecule has 0 radical (unpaired) electrons. The molecule has 1 aliphatic heterocycles. The number of hydrogen-bond donors (Lipinski definition) is 0. The Labute approximate surface area is 152 Å². The quantitative estimate of drug-likeness (QED) is 0.780. The first-order valence-electron chi connectivity index (χ1n) is 8.61. The molecule has 1 unspecified atom stereocenters. The van der Waals surface area contributed by atoms with Crippen molar-refractivity contribution >= 4 is 5.91 Å². The lowest BCUT2D eigenvalue weighted by atomic mass is 10.1. The molecule has 138 valence electrons. The Bertz CT molecular complexity index is 755. The van der Waals surface area contributed by atoms with Gasteiger partial charge in [0.1, 0.15) is 11.7 Å². The zero-order chi connectivity index (χ0) is 18.4. The number of amides is 1. The number of methoxy groups -OCH3 is 1.